The maximum Gasteiger partial charge on any atom is 0.118 e. The monoisotopic (exact) mass is 323 g/mol. The van der Waals surface area contributed by atoms with Gasteiger partial charge in [0.1, 0.15) is 5.75 Å². The quantitative estimate of drug-likeness (QED) is 0.767. The molecule has 1 N–H and O–H groups in total. The number of ether oxygens (including phenoxy) is 1. The Bertz CT molecular complexity index is 552. The highest BCUT2D eigenvalue weighted by molar-refractivity contribution is 7.16. The molecule has 0 bridgehead atoms. The van der Waals surface area contributed by atoms with Crippen LogP contribution in [0, 0.1) is 0 Å². The van der Waals surface area contributed by atoms with Crippen LogP contribution in [0.4, 0.5) is 0 Å². The molecule has 2 nitrogen and oxygen atoms in total. The average molecular weight is 324 g/mol. The molecule has 1 heterocycles. The van der Waals surface area contributed by atoms with Crippen LogP contribution < -0.4 is 10.1 Å². The minimum atomic E-state index is 0.341. The van der Waals surface area contributed by atoms with Crippen LogP contribution >= 0.6 is 22.9 Å². The van der Waals surface area contributed by atoms with Gasteiger partial charge in [0.05, 0.1) is 11.4 Å². The van der Waals surface area contributed by atoms with Crippen molar-refractivity contribution in [3.8, 4) is 5.75 Å². The maximum absolute atomic E-state index is 5.99. The zero-order chi connectivity index (χ0) is 15.2. The molecule has 114 valence electrons. The third-order valence-electron chi connectivity index (χ3n) is 3.58. The van der Waals surface area contributed by atoms with E-state index in [1.807, 2.05) is 18.2 Å². The van der Waals surface area contributed by atoms with Gasteiger partial charge in [0, 0.05) is 17.0 Å². The number of hydrogen-bond acceptors (Lipinski definition) is 3. The van der Waals surface area contributed by atoms with E-state index in [0.29, 0.717) is 12.1 Å². The lowest BCUT2D eigenvalue weighted by Crippen LogP contribution is -2.28. The number of thiophene rings is 1. The SMILES string of the molecule is COc1ccc(CCC(C)NC(C)c2ccc(Cl)s2)cc1. The molecule has 2 unspecified atom stereocenters. The maximum atomic E-state index is 5.99. The highest BCUT2D eigenvalue weighted by Crippen LogP contribution is 2.27. The fraction of sp³-hybridized carbons (Fsp3) is 0.412. The van der Waals surface area contributed by atoms with Gasteiger partial charge in [-0.3, -0.25) is 0 Å². The van der Waals surface area contributed by atoms with Crippen molar-refractivity contribution < 1.29 is 4.74 Å². The zero-order valence-corrected chi connectivity index (χ0v) is 14.3. The second-order valence-electron chi connectivity index (χ2n) is 5.32. The van der Waals surface area contributed by atoms with E-state index in [4.69, 9.17) is 16.3 Å². The Morgan fingerprint density at radius 2 is 1.86 bits per heavy atom. The van der Waals surface area contributed by atoms with Gasteiger partial charge in [-0.2, -0.15) is 0 Å². The summed E-state index contributed by atoms with van der Waals surface area (Å²) in [6.45, 7) is 4.42. The smallest absolute Gasteiger partial charge is 0.118 e. The summed E-state index contributed by atoms with van der Waals surface area (Å²) in [5, 5.41) is 3.63. The summed E-state index contributed by atoms with van der Waals surface area (Å²) in [4.78, 5) is 1.29. The number of nitrogens with one attached hydrogen (secondary N) is 1. The van der Waals surface area contributed by atoms with E-state index in [-0.39, 0.29) is 0 Å². The van der Waals surface area contributed by atoms with Crippen molar-refractivity contribution in [1.29, 1.82) is 0 Å². The molecule has 0 fully saturated rings. The molecule has 2 aromatic rings. The first-order chi connectivity index (χ1) is 10.1. The fourth-order valence-electron chi connectivity index (χ4n) is 2.33. The molecule has 0 aliphatic heterocycles. The molecule has 2 atom stereocenters. The van der Waals surface area contributed by atoms with Crippen LogP contribution in [-0.4, -0.2) is 13.2 Å². The van der Waals surface area contributed by atoms with E-state index in [9.17, 15) is 0 Å². The highest BCUT2D eigenvalue weighted by Gasteiger charge is 2.11. The van der Waals surface area contributed by atoms with Gasteiger partial charge in [0.2, 0.25) is 0 Å². The minimum Gasteiger partial charge on any atom is -0.497 e. The molecule has 0 amide bonds. The average Bonchev–Trinajstić information content (AvgIpc) is 2.92. The zero-order valence-electron chi connectivity index (χ0n) is 12.7. The molecule has 0 spiro atoms. The Kier molecular flexibility index (Phi) is 6.09. The molecule has 1 aromatic heterocycles. The number of hydrogen-bond donors (Lipinski definition) is 1. The number of methoxy groups -OCH3 is 1. The van der Waals surface area contributed by atoms with Crippen LogP contribution in [0.1, 0.15) is 36.8 Å². The summed E-state index contributed by atoms with van der Waals surface area (Å²) in [5.74, 6) is 0.910. The molecule has 0 aliphatic carbocycles. The molecule has 1 aromatic carbocycles. The molecule has 21 heavy (non-hydrogen) atoms. The van der Waals surface area contributed by atoms with Crippen molar-refractivity contribution in [3.05, 3.63) is 51.2 Å². The third-order valence-corrected chi connectivity index (χ3v) is 4.99. The standard InChI is InChI=1S/C17H22ClNOS/c1-12(19-13(2)16-10-11-17(18)21-16)4-5-14-6-8-15(20-3)9-7-14/h6-13,19H,4-5H2,1-3H3. The summed E-state index contributed by atoms with van der Waals surface area (Å²) < 4.78 is 6.03. The second kappa shape index (κ2) is 7.83. The molecule has 0 saturated carbocycles. The lowest BCUT2D eigenvalue weighted by molar-refractivity contribution is 0.414. The van der Waals surface area contributed by atoms with E-state index in [1.54, 1.807) is 18.4 Å². The highest BCUT2D eigenvalue weighted by atomic mass is 35.5. The van der Waals surface area contributed by atoms with Gasteiger partial charge in [-0.05, 0) is 56.5 Å². The lowest BCUT2D eigenvalue weighted by atomic mass is 10.1. The number of benzene rings is 1. The van der Waals surface area contributed by atoms with Crippen LogP contribution in [0.15, 0.2) is 36.4 Å². The van der Waals surface area contributed by atoms with Crippen molar-refractivity contribution in [1.82, 2.24) is 5.32 Å². The summed E-state index contributed by atoms with van der Waals surface area (Å²) in [6.07, 6.45) is 2.17. The first-order valence-electron chi connectivity index (χ1n) is 7.22. The Morgan fingerprint density at radius 1 is 1.14 bits per heavy atom. The van der Waals surface area contributed by atoms with E-state index >= 15 is 0 Å². The van der Waals surface area contributed by atoms with E-state index in [0.717, 1.165) is 22.9 Å². The van der Waals surface area contributed by atoms with Crippen molar-refractivity contribution >= 4 is 22.9 Å². The second-order valence-corrected chi connectivity index (χ2v) is 7.06. The van der Waals surface area contributed by atoms with Gasteiger partial charge in [-0.1, -0.05) is 23.7 Å². The van der Waals surface area contributed by atoms with Gasteiger partial charge < -0.3 is 10.1 Å². The molecule has 2 rings (SSSR count). The van der Waals surface area contributed by atoms with Gasteiger partial charge in [0.15, 0.2) is 0 Å². The normalized spacial score (nSPS) is 13.9. The van der Waals surface area contributed by atoms with E-state index in [2.05, 4.69) is 37.4 Å². The van der Waals surface area contributed by atoms with Crippen LogP contribution in [0.3, 0.4) is 0 Å². The van der Waals surface area contributed by atoms with Crippen LogP contribution in [0.5, 0.6) is 5.75 Å². The number of halogens is 1. The first kappa shape index (κ1) is 16.3. The molecule has 0 aliphatic rings. The largest absolute Gasteiger partial charge is 0.497 e. The van der Waals surface area contributed by atoms with Crippen LogP contribution in [0.25, 0.3) is 0 Å². The summed E-state index contributed by atoms with van der Waals surface area (Å²) in [7, 11) is 1.69. The van der Waals surface area contributed by atoms with Gasteiger partial charge in [-0.25, -0.2) is 0 Å². The molecule has 0 saturated heterocycles. The van der Waals surface area contributed by atoms with Gasteiger partial charge in [-0.15, -0.1) is 11.3 Å². The molecular weight excluding hydrogens is 302 g/mol. The predicted molar refractivity (Wildman–Crippen MR) is 91.7 cm³/mol. The van der Waals surface area contributed by atoms with E-state index < -0.39 is 0 Å². The predicted octanol–water partition coefficient (Wildman–Crippen LogP) is 5.08. The summed E-state index contributed by atoms with van der Waals surface area (Å²) >= 11 is 7.63. The Hall–Kier alpha value is -1.03. The van der Waals surface area contributed by atoms with Crippen LogP contribution in [0.2, 0.25) is 4.34 Å². The number of aryl methyl sites for hydroxylation is 1. The topological polar surface area (TPSA) is 21.3 Å². The van der Waals surface area contributed by atoms with E-state index in [1.165, 1.54) is 10.4 Å². The third kappa shape index (κ3) is 5.03. The molecule has 4 heteroatoms. The van der Waals surface area contributed by atoms with Crippen molar-refractivity contribution in [3.63, 3.8) is 0 Å². The Morgan fingerprint density at radius 3 is 2.43 bits per heavy atom. The van der Waals surface area contributed by atoms with Crippen molar-refractivity contribution in [2.24, 2.45) is 0 Å². The first-order valence-corrected chi connectivity index (χ1v) is 8.42. The molecular formula is C17H22ClNOS. The Balaban J connectivity index is 1.79. The summed E-state index contributed by atoms with van der Waals surface area (Å²) in [6, 6.07) is 13.2. The van der Waals surface area contributed by atoms with Gasteiger partial charge >= 0.3 is 0 Å². The Labute approximate surface area is 136 Å². The van der Waals surface area contributed by atoms with Crippen molar-refractivity contribution in [2.45, 2.75) is 38.8 Å². The van der Waals surface area contributed by atoms with Gasteiger partial charge in [0.25, 0.3) is 0 Å². The lowest BCUT2D eigenvalue weighted by Gasteiger charge is -2.19. The fourth-order valence-corrected chi connectivity index (χ4v) is 3.40. The minimum absolute atomic E-state index is 0.341. The molecule has 0 radical (unpaired) electrons. The summed E-state index contributed by atoms with van der Waals surface area (Å²) in [5.41, 5.74) is 1.34. The van der Waals surface area contributed by atoms with Crippen LogP contribution in [-0.2, 0) is 6.42 Å². The van der Waals surface area contributed by atoms with Crippen molar-refractivity contribution in [2.75, 3.05) is 7.11 Å². The number of rotatable bonds is 7.